The van der Waals surface area contributed by atoms with Crippen LogP contribution in [0, 0.1) is 11.3 Å². The van der Waals surface area contributed by atoms with Crippen molar-refractivity contribution in [1.82, 2.24) is 20.3 Å². The third kappa shape index (κ3) is 4.80. The van der Waals surface area contributed by atoms with E-state index in [0.29, 0.717) is 33.8 Å². The van der Waals surface area contributed by atoms with Crippen LogP contribution in [-0.2, 0) is 6.42 Å². The normalized spacial score (nSPS) is 11.8. The standard InChI is InChI=1S/C27H19ClN6O/c28-23-11-21-7-16(8-22(13-29)25(21)33-15-23)9-24-12-19(4-6-32-24)27(35)34-26(30)18-1-2-20-14-31-5-3-17(20)10-18/h1-8,10-12,14-15,26H,9,30H2,(H,34,35). The number of carbonyl (C=O) groups excluding carboxylic acids is 1. The predicted molar refractivity (Wildman–Crippen MR) is 135 cm³/mol. The third-order valence-electron chi connectivity index (χ3n) is 5.70. The number of nitrogens with one attached hydrogen (secondary N) is 1. The Bertz CT molecular complexity index is 1630. The maximum atomic E-state index is 12.9. The van der Waals surface area contributed by atoms with Gasteiger partial charge < -0.3 is 11.1 Å². The molecule has 0 saturated carbocycles. The van der Waals surface area contributed by atoms with Gasteiger partial charge in [-0.25, -0.2) is 0 Å². The lowest BCUT2D eigenvalue weighted by Gasteiger charge is -2.15. The van der Waals surface area contributed by atoms with Crippen LogP contribution in [0.25, 0.3) is 21.7 Å². The number of halogens is 1. The Labute approximate surface area is 206 Å². The largest absolute Gasteiger partial charge is 0.333 e. The summed E-state index contributed by atoms with van der Waals surface area (Å²) in [5.74, 6) is -0.303. The van der Waals surface area contributed by atoms with Gasteiger partial charge in [0, 0.05) is 53.2 Å². The smallest absolute Gasteiger partial charge is 0.252 e. The summed E-state index contributed by atoms with van der Waals surface area (Å²) < 4.78 is 0. The van der Waals surface area contributed by atoms with Gasteiger partial charge >= 0.3 is 0 Å². The number of nitrogens with two attached hydrogens (primary N) is 1. The summed E-state index contributed by atoms with van der Waals surface area (Å²) in [7, 11) is 0. The molecule has 0 bridgehead atoms. The molecule has 170 valence electrons. The zero-order valence-electron chi connectivity index (χ0n) is 18.4. The molecule has 0 aliphatic carbocycles. The average molecular weight is 479 g/mol. The number of nitriles is 1. The van der Waals surface area contributed by atoms with E-state index in [4.69, 9.17) is 17.3 Å². The van der Waals surface area contributed by atoms with E-state index < -0.39 is 6.17 Å². The summed E-state index contributed by atoms with van der Waals surface area (Å²) in [4.78, 5) is 25.7. The van der Waals surface area contributed by atoms with E-state index in [1.54, 1.807) is 42.9 Å². The minimum atomic E-state index is -0.674. The first kappa shape index (κ1) is 22.4. The van der Waals surface area contributed by atoms with Gasteiger partial charge in [-0.05, 0) is 59.0 Å². The van der Waals surface area contributed by atoms with Crippen molar-refractivity contribution in [3.05, 3.63) is 112 Å². The first-order chi connectivity index (χ1) is 17.0. The Hall–Kier alpha value is -4.38. The summed E-state index contributed by atoms with van der Waals surface area (Å²) in [6.45, 7) is 0. The Morgan fingerprint density at radius 1 is 1.00 bits per heavy atom. The topological polar surface area (TPSA) is 118 Å². The van der Waals surface area contributed by atoms with E-state index in [0.717, 1.165) is 27.3 Å². The number of pyridine rings is 3. The van der Waals surface area contributed by atoms with Gasteiger partial charge in [0.1, 0.15) is 12.2 Å². The average Bonchev–Trinajstić information content (AvgIpc) is 2.87. The van der Waals surface area contributed by atoms with Crippen LogP contribution in [0.2, 0.25) is 5.02 Å². The Morgan fingerprint density at radius 2 is 1.89 bits per heavy atom. The number of hydrogen-bond acceptors (Lipinski definition) is 6. The number of hydrogen-bond donors (Lipinski definition) is 2. The monoisotopic (exact) mass is 478 g/mol. The van der Waals surface area contributed by atoms with Gasteiger partial charge in [0.05, 0.1) is 16.1 Å². The molecule has 8 heteroatoms. The van der Waals surface area contributed by atoms with Crippen molar-refractivity contribution in [1.29, 1.82) is 5.26 Å². The van der Waals surface area contributed by atoms with Crippen LogP contribution in [0.15, 0.2) is 79.4 Å². The molecule has 3 N–H and O–H groups in total. The molecule has 0 aliphatic rings. The van der Waals surface area contributed by atoms with Crippen LogP contribution in [0.1, 0.15) is 38.9 Å². The van der Waals surface area contributed by atoms with Crippen molar-refractivity contribution in [2.75, 3.05) is 0 Å². The highest BCUT2D eigenvalue weighted by atomic mass is 35.5. The van der Waals surface area contributed by atoms with E-state index in [1.807, 2.05) is 30.3 Å². The van der Waals surface area contributed by atoms with Gasteiger partial charge in [0.2, 0.25) is 0 Å². The molecule has 0 aliphatic heterocycles. The SMILES string of the molecule is N#Cc1cc(Cc2cc(C(=O)NC(N)c3ccc4cnccc4c3)ccn2)cc2cc(Cl)cnc12. The molecule has 5 rings (SSSR count). The van der Waals surface area contributed by atoms with Gasteiger partial charge in [0.15, 0.2) is 0 Å². The van der Waals surface area contributed by atoms with Crippen LogP contribution >= 0.6 is 11.6 Å². The van der Waals surface area contributed by atoms with Crippen molar-refractivity contribution in [3.8, 4) is 6.07 Å². The molecule has 5 aromatic rings. The van der Waals surface area contributed by atoms with E-state index in [-0.39, 0.29) is 5.91 Å². The third-order valence-corrected chi connectivity index (χ3v) is 5.91. The van der Waals surface area contributed by atoms with Crippen molar-refractivity contribution in [3.63, 3.8) is 0 Å². The number of rotatable bonds is 5. The van der Waals surface area contributed by atoms with Crippen molar-refractivity contribution in [2.24, 2.45) is 5.73 Å². The summed E-state index contributed by atoms with van der Waals surface area (Å²) in [5.41, 5.74) is 10.1. The quantitative estimate of drug-likeness (QED) is 0.354. The lowest BCUT2D eigenvalue weighted by molar-refractivity contribution is 0.0937. The predicted octanol–water partition coefficient (Wildman–Crippen LogP) is 4.68. The van der Waals surface area contributed by atoms with Crippen molar-refractivity contribution < 1.29 is 4.79 Å². The zero-order chi connectivity index (χ0) is 24.4. The highest BCUT2D eigenvalue weighted by molar-refractivity contribution is 6.31. The van der Waals surface area contributed by atoms with Crippen molar-refractivity contribution >= 4 is 39.2 Å². The zero-order valence-corrected chi connectivity index (χ0v) is 19.2. The summed E-state index contributed by atoms with van der Waals surface area (Å²) in [6.07, 6.45) is 6.37. The molecule has 3 heterocycles. The summed E-state index contributed by atoms with van der Waals surface area (Å²) in [5, 5.41) is 15.7. The highest BCUT2D eigenvalue weighted by Gasteiger charge is 2.14. The van der Waals surface area contributed by atoms with Gasteiger partial charge in [0.25, 0.3) is 5.91 Å². The Kier molecular flexibility index (Phi) is 6.06. The lowest BCUT2D eigenvalue weighted by atomic mass is 10.0. The second-order valence-corrected chi connectivity index (χ2v) is 8.56. The number of nitrogens with zero attached hydrogens (tertiary/aromatic N) is 4. The summed E-state index contributed by atoms with van der Waals surface area (Å²) >= 11 is 6.08. The second kappa shape index (κ2) is 9.47. The Balaban J connectivity index is 1.35. The summed E-state index contributed by atoms with van der Waals surface area (Å²) in [6, 6.07) is 18.7. The first-order valence-corrected chi connectivity index (χ1v) is 11.2. The fourth-order valence-corrected chi connectivity index (χ4v) is 4.17. The Morgan fingerprint density at radius 3 is 2.74 bits per heavy atom. The van der Waals surface area contributed by atoms with Gasteiger partial charge in [-0.15, -0.1) is 0 Å². The van der Waals surface area contributed by atoms with E-state index in [2.05, 4.69) is 26.3 Å². The molecule has 1 amide bonds. The number of amides is 1. The van der Waals surface area contributed by atoms with Gasteiger partial charge in [-0.1, -0.05) is 23.7 Å². The van der Waals surface area contributed by atoms with Crippen LogP contribution in [0.4, 0.5) is 0 Å². The maximum Gasteiger partial charge on any atom is 0.252 e. The van der Waals surface area contributed by atoms with E-state index >= 15 is 0 Å². The molecular formula is C27H19ClN6O. The van der Waals surface area contributed by atoms with E-state index in [9.17, 15) is 10.1 Å². The molecule has 0 radical (unpaired) electrons. The molecule has 2 aromatic carbocycles. The van der Waals surface area contributed by atoms with Crippen molar-refractivity contribution in [2.45, 2.75) is 12.6 Å². The lowest BCUT2D eigenvalue weighted by Crippen LogP contribution is -2.34. The minimum absolute atomic E-state index is 0.303. The number of fused-ring (bicyclic) bond motifs is 2. The molecule has 1 atom stereocenters. The van der Waals surface area contributed by atoms with Crippen LogP contribution in [0.5, 0.6) is 0 Å². The molecule has 0 spiro atoms. The molecule has 0 saturated heterocycles. The molecule has 35 heavy (non-hydrogen) atoms. The van der Waals surface area contributed by atoms with Crippen LogP contribution in [0.3, 0.4) is 0 Å². The molecule has 0 fully saturated rings. The maximum absolute atomic E-state index is 12.9. The molecule has 7 nitrogen and oxygen atoms in total. The van der Waals surface area contributed by atoms with E-state index in [1.165, 1.54) is 6.20 Å². The fraction of sp³-hybridized carbons (Fsp3) is 0.0741. The van der Waals surface area contributed by atoms with Gasteiger partial charge in [-0.2, -0.15) is 5.26 Å². The second-order valence-electron chi connectivity index (χ2n) is 8.13. The minimum Gasteiger partial charge on any atom is -0.333 e. The van der Waals surface area contributed by atoms with Crippen LogP contribution < -0.4 is 11.1 Å². The molecule has 3 aromatic heterocycles. The highest BCUT2D eigenvalue weighted by Crippen LogP contribution is 2.23. The fourth-order valence-electron chi connectivity index (χ4n) is 4.00. The number of carbonyl (C=O) groups is 1. The first-order valence-electron chi connectivity index (χ1n) is 10.8. The number of benzene rings is 2. The van der Waals surface area contributed by atoms with Gasteiger partial charge in [-0.3, -0.25) is 19.7 Å². The van der Waals surface area contributed by atoms with Crippen LogP contribution in [-0.4, -0.2) is 20.9 Å². The number of aromatic nitrogens is 3. The molecule has 1 unspecified atom stereocenters. The molecular weight excluding hydrogens is 460 g/mol.